The number of carbonyl (C=O) groups is 1. The zero-order chi connectivity index (χ0) is 27.5. The van der Waals surface area contributed by atoms with Crippen LogP contribution in [-0.4, -0.2) is 40.5 Å². The monoisotopic (exact) mass is 544 g/mol. The number of carbonyl (C=O) groups excluding carboxylic acids is 1. The van der Waals surface area contributed by atoms with E-state index in [9.17, 15) is 26.4 Å². The minimum absolute atomic E-state index is 0.160. The Labute approximate surface area is 215 Å². The first-order valence-electron chi connectivity index (χ1n) is 10.8. The Kier molecular flexibility index (Phi) is 7.37. The zero-order valence-electron chi connectivity index (χ0n) is 19.8. The molecule has 0 saturated heterocycles. The van der Waals surface area contributed by atoms with E-state index in [-0.39, 0.29) is 17.3 Å². The minimum Gasteiger partial charge on any atom is -0.322 e. The lowest BCUT2D eigenvalue weighted by Gasteiger charge is -2.21. The summed E-state index contributed by atoms with van der Waals surface area (Å²) in [7, 11) is -4.28. The van der Waals surface area contributed by atoms with Gasteiger partial charge in [-0.2, -0.15) is 26.7 Å². The summed E-state index contributed by atoms with van der Waals surface area (Å²) in [6.07, 6.45) is 1.88. The maximum absolute atomic E-state index is 13.2. The van der Waals surface area contributed by atoms with Gasteiger partial charge in [0.15, 0.2) is 0 Å². The Bertz CT molecular complexity index is 1580. The summed E-state index contributed by atoms with van der Waals surface area (Å²) < 4.78 is 68.3. The molecule has 0 spiro atoms. The lowest BCUT2D eigenvalue weighted by atomic mass is 10.1. The summed E-state index contributed by atoms with van der Waals surface area (Å²) in [6, 6.07) is 10.1. The maximum Gasteiger partial charge on any atom is 0.416 e. The van der Waals surface area contributed by atoms with Crippen molar-refractivity contribution in [3.63, 3.8) is 0 Å². The van der Waals surface area contributed by atoms with Gasteiger partial charge >= 0.3 is 6.18 Å². The molecule has 0 atom stereocenters. The van der Waals surface area contributed by atoms with Gasteiger partial charge in [-0.05, 0) is 49.4 Å². The highest BCUT2D eigenvalue weighted by Gasteiger charge is 2.32. The van der Waals surface area contributed by atoms with E-state index in [4.69, 9.17) is 4.28 Å². The highest BCUT2D eigenvalue weighted by Crippen LogP contribution is 2.31. The number of aryl methyl sites for hydroxylation is 1. The summed E-state index contributed by atoms with van der Waals surface area (Å²) in [6.45, 7) is 1.63. The second kappa shape index (κ2) is 10.5. The summed E-state index contributed by atoms with van der Waals surface area (Å²) in [5.74, 6) is -0.999. The maximum atomic E-state index is 13.2. The molecule has 38 heavy (non-hydrogen) atoms. The number of hydroxylamine groups is 1. The van der Waals surface area contributed by atoms with Crippen LogP contribution in [0.5, 0.6) is 0 Å². The van der Waals surface area contributed by atoms with Crippen LogP contribution < -0.4 is 10.4 Å². The number of anilines is 3. The normalized spacial score (nSPS) is 11.7. The Morgan fingerprint density at radius 2 is 1.82 bits per heavy atom. The van der Waals surface area contributed by atoms with Gasteiger partial charge in [-0.1, -0.05) is 6.07 Å². The second-order valence-electron chi connectivity index (χ2n) is 7.92. The van der Waals surface area contributed by atoms with E-state index in [1.165, 1.54) is 12.3 Å². The Morgan fingerprint density at radius 1 is 1.03 bits per heavy atom. The number of pyridine rings is 2. The highest BCUT2D eigenvalue weighted by molar-refractivity contribution is 7.86. The number of amides is 1. The van der Waals surface area contributed by atoms with Gasteiger partial charge in [0, 0.05) is 29.7 Å². The van der Waals surface area contributed by atoms with Crippen molar-refractivity contribution in [3.05, 3.63) is 90.1 Å². The fraction of sp³-hybridized carbons (Fsp3) is 0.125. The van der Waals surface area contributed by atoms with Crippen molar-refractivity contribution in [1.82, 2.24) is 19.9 Å². The van der Waals surface area contributed by atoms with Crippen LogP contribution in [0.25, 0.3) is 11.3 Å². The van der Waals surface area contributed by atoms with Crippen molar-refractivity contribution in [2.75, 3.05) is 16.6 Å². The minimum atomic E-state index is -4.72. The summed E-state index contributed by atoms with van der Waals surface area (Å²) in [4.78, 5) is 30.0. The molecule has 4 aromatic rings. The topological polar surface area (TPSA) is 127 Å². The molecule has 3 aromatic heterocycles. The molecule has 4 rings (SSSR count). The van der Waals surface area contributed by atoms with Crippen molar-refractivity contribution in [2.24, 2.45) is 0 Å². The van der Waals surface area contributed by atoms with Crippen molar-refractivity contribution in [2.45, 2.75) is 13.1 Å². The molecule has 0 aliphatic carbocycles. The quantitative estimate of drug-likeness (QED) is 0.334. The summed E-state index contributed by atoms with van der Waals surface area (Å²) in [5, 5.41) is 3.31. The molecule has 0 unspecified atom stereocenters. The molecular weight excluding hydrogens is 525 g/mol. The van der Waals surface area contributed by atoms with Crippen LogP contribution in [0.4, 0.5) is 30.5 Å². The van der Waals surface area contributed by atoms with Gasteiger partial charge in [-0.3, -0.25) is 14.8 Å². The third-order valence-corrected chi connectivity index (χ3v) is 5.42. The molecule has 196 valence electrons. The molecule has 0 aliphatic rings. The van der Waals surface area contributed by atoms with Gasteiger partial charge in [-0.15, -0.1) is 4.28 Å². The van der Waals surface area contributed by atoms with Crippen molar-refractivity contribution in [1.29, 1.82) is 0 Å². The van der Waals surface area contributed by atoms with E-state index >= 15 is 0 Å². The van der Waals surface area contributed by atoms with Gasteiger partial charge in [0.25, 0.3) is 16.0 Å². The molecule has 3 heterocycles. The SMILES string of the molecule is Cc1ncc(N(OS(C)(=O)=O)C(=O)c2cccc(C(F)(F)F)c2)cc1Nc1nccc(-c2cccnc2)n1. The van der Waals surface area contributed by atoms with Crippen molar-refractivity contribution < 1.29 is 30.7 Å². The van der Waals surface area contributed by atoms with Crippen LogP contribution in [0.2, 0.25) is 0 Å². The molecule has 0 fully saturated rings. The Hall–Kier alpha value is -4.43. The van der Waals surface area contributed by atoms with Gasteiger partial charge in [0.05, 0.1) is 40.8 Å². The third-order valence-electron chi connectivity index (χ3n) is 5.00. The van der Waals surface area contributed by atoms with E-state index in [0.29, 0.717) is 28.8 Å². The van der Waals surface area contributed by atoms with E-state index in [1.54, 1.807) is 31.5 Å². The zero-order valence-corrected chi connectivity index (χ0v) is 20.7. The predicted molar refractivity (Wildman–Crippen MR) is 132 cm³/mol. The second-order valence-corrected chi connectivity index (χ2v) is 9.47. The van der Waals surface area contributed by atoms with Crippen molar-refractivity contribution >= 4 is 33.3 Å². The fourth-order valence-corrected chi connectivity index (χ4v) is 3.67. The van der Waals surface area contributed by atoms with Crippen molar-refractivity contribution in [3.8, 4) is 11.3 Å². The molecule has 1 amide bonds. The predicted octanol–water partition coefficient (Wildman–Crippen LogP) is 4.54. The molecule has 1 N–H and O–H groups in total. The van der Waals surface area contributed by atoms with Gasteiger partial charge in [-0.25, -0.2) is 9.97 Å². The van der Waals surface area contributed by atoms with Gasteiger partial charge in [0.2, 0.25) is 5.95 Å². The lowest BCUT2D eigenvalue weighted by molar-refractivity contribution is -0.137. The largest absolute Gasteiger partial charge is 0.416 e. The fourth-order valence-electron chi connectivity index (χ4n) is 3.25. The number of nitrogens with zero attached hydrogens (tertiary/aromatic N) is 5. The van der Waals surface area contributed by atoms with Gasteiger partial charge < -0.3 is 5.32 Å². The van der Waals surface area contributed by atoms with Crippen LogP contribution in [0.1, 0.15) is 21.6 Å². The van der Waals surface area contributed by atoms with E-state index in [1.807, 2.05) is 6.07 Å². The number of halogens is 3. The van der Waals surface area contributed by atoms with Crippen LogP contribution in [0.3, 0.4) is 0 Å². The van der Waals surface area contributed by atoms with E-state index in [0.717, 1.165) is 30.0 Å². The van der Waals surface area contributed by atoms with E-state index in [2.05, 4.69) is 25.3 Å². The Balaban J connectivity index is 1.70. The molecule has 1 aromatic carbocycles. The molecular formula is C24H19F3N6O4S. The summed E-state index contributed by atoms with van der Waals surface area (Å²) in [5.41, 5.74) is 0.304. The number of alkyl halides is 3. The van der Waals surface area contributed by atoms with Crippen LogP contribution in [0, 0.1) is 6.92 Å². The van der Waals surface area contributed by atoms with Crippen LogP contribution >= 0.6 is 0 Å². The molecule has 10 nitrogen and oxygen atoms in total. The first-order chi connectivity index (χ1) is 17.9. The Morgan fingerprint density at radius 3 is 2.50 bits per heavy atom. The molecule has 0 bridgehead atoms. The van der Waals surface area contributed by atoms with Gasteiger partial charge in [0.1, 0.15) is 0 Å². The summed E-state index contributed by atoms with van der Waals surface area (Å²) >= 11 is 0. The molecule has 0 saturated carbocycles. The number of aromatic nitrogens is 4. The van der Waals surface area contributed by atoms with Crippen LogP contribution in [0.15, 0.2) is 73.3 Å². The highest BCUT2D eigenvalue weighted by atomic mass is 32.2. The number of rotatable bonds is 7. The molecule has 0 radical (unpaired) electrons. The average molecular weight is 545 g/mol. The first-order valence-corrected chi connectivity index (χ1v) is 12.6. The standard InChI is InChI=1S/C24H19F3N6O4S/c1-15-21(32-23-29-10-8-20(31-23)17-6-4-9-28-13-17)12-19(14-30-15)33(37-38(2,35)36)22(34)16-5-3-7-18(11-16)24(25,26)27/h3-14H,1-2H3,(H,29,31,32). The van der Waals surface area contributed by atoms with Crippen LogP contribution in [-0.2, 0) is 20.6 Å². The third kappa shape index (κ3) is 6.46. The lowest BCUT2D eigenvalue weighted by Crippen LogP contribution is -2.33. The number of hydrogen-bond donors (Lipinski definition) is 1. The number of hydrogen-bond acceptors (Lipinski definition) is 9. The number of benzene rings is 1. The molecule has 0 aliphatic heterocycles. The average Bonchev–Trinajstić information content (AvgIpc) is 2.88. The molecule has 14 heteroatoms. The number of nitrogens with one attached hydrogen (secondary N) is 1. The van der Waals surface area contributed by atoms with E-state index < -0.39 is 33.3 Å². The first kappa shape index (κ1) is 26.6. The smallest absolute Gasteiger partial charge is 0.322 e.